The van der Waals surface area contributed by atoms with E-state index in [1.165, 1.54) is 0 Å². The van der Waals surface area contributed by atoms with Gasteiger partial charge in [-0.05, 0) is 68.2 Å². The third-order valence-electron chi connectivity index (χ3n) is 11.3. The fourth-order valence-corrected chi connectivity index (χ4v) is 8.48. The quantitative estimate of drug-likeness (QED) is 0.205. The van der Waals surface area contributed by atoms with Gasteiger partial charge in [0.2, 0.25) is 0 Å². The van der Waals surface area contributed by atoms with E-state index >= 15 is 0 Å². The molecule has 0 bridgehead atoms. The van der Waals surface area contributed by atoms with Crippen molar-refractivity contribution in [2.45, 2.75) is 161 Å². The van der Waals surface area contributed by atoms with Crippen LogP contribution in [0.4, 0.5) is 5.82 Å². The molecule has 11 nitrogen and oxygen atoms in total. The van der Waals surface area contributed by atoms with Crippen molar-refractivity contribution in [1.82, 2.24) is 29.3 Å². The van der Waals surface area contributed by atoms with Gasteiger partial charge in [0.05, 0.1) is 24.7 Å². The molecule has 1 fully saturated rings. The van der Waals surface area contributed by atoms with Crippen LogP contribution in [0.1, 0.15) is 88.4 Å². The topological polar surface area (TPSA) is 124 Å². The number of nitrogen functional groups attached to an aromatic ring is 1. The van der Waals surface area contributed by atoms with Gasteiger partial charge in [0, 0.05) is 12.2 Å². The third kappa shape index (κ3) is 7.69. The lowest BCUT2D eigenvalue weighted by molar-refractivity contribution is -0.0470. The number of hydrogen-bond donors (Lipinski definition) is 1. The Labute approximate surface area is 292 Å². The Morgan fingerprint density at radius 3 is 1.88 bits per heavy atom. The van der Waals surface area contributed by atoms with Crippen LogP contribution in [-0.2, 0) is 18.0 Å². The second-order valence-electron chi connectivity index (χ2n) is 18.4. The van der Waals surface area contributed by atoms with Crippen molar-refractivity contribution in [3.05, 3.63) is 18.7 Å². The molecule has 0 radical (unpaired) electrons. The van der Waals surface area contributed by atoms with Crippen LogP contribution in [0.3, 0.4) is 0 Å². The average molecular weight is 718 g/mol. The first-order valence-corrected chi connectivity index (χ1v) is 26.1. The van der Waals surface area contributed by atoms with Crippen LogP contribution >= 0.6 is 0 Å². The fraction of sp³-hybridized carbons (Fsp3) is 0.765. The minimum Gasteiger partial charge on any atom is -0.414 e. The molecule has 1 aliphatic heterocycles. The summed E-state index contributed by atoms with van der Waals surface area (Å²) in [5.41, 5.74) is 8.42. The van der Waals surface area contributed by atoms with E-state index in [4.69, 9.17) is 33.7 Å². The minimum atomic E-state index is -2.34. The second kappa shape index (κ2) is 13.0. The van der Waals surface area contributed by atoms with Crippen LogP contribution < -0.4 is 5.73 Å². The summed E-state index contributed by atoms with van der Waals surface area (Å²) in [5.74, 6) is 0.790. The lowest BCUT2D eigenvalue weighted by Crippen LogP contribution is -2.54. The van der Waals surface area contributed by atoms with Crippen molar-refractivity contribution in [3.63, 3.8) is 0 Å². The molecule has 0 spiro atoms. The van der Waals surface area contributed by atoms with Crippen LogP contribution in [0.25, 0.3) is 22.6 Å². The van der Waals surface area contributed by atoms with E-state index in [2.05, 4.69) is 126 Å². The van der Waals surface area contributed by atoms with E-state index in [0.717, 1.165) is 5.56 Å². The molecule has 0 amide bonds. The van der Waals surface area contributed by atoms with Crippen molar-refractivity contribution in [2.75, 3.05) is 12.3 Å². The van der Waals surface area contributed by atoms with Crippen molar-refractivity contribution < 1.29 is 18.0 Å². The SMILES string of the molecule is CC(C)n1cc(-c2nc(N)c3ncn(C4O[C@H](CO[Si](C)(C)C(C)(C)C)[C@@H](O[Si](C)(C)C(C)(C)C)[C@H]4O[Si](C)(C)C(C)(C)C)c3n2)cn1. The van der Waals surface area contributed by atoms with Crippen LogP contribution in [-0.4, -0.2) is 79.2 Å². The Balaban J connectivity index is 1.88. The van der Waals surface area contributed by atoms with E-state index in [0.29, 0.717) is 29.4 Å². The van der Waals surface area contributed by atoms with E-state index < -0.39 is 37.3 Å². The minimum absolute atomic E-state index is 0.0177. The van der Waals surface area contributed by atoms with Gasteiger partial charge in [-0.15, -0.1) is 0 Å². The highest BCUT2D eigenvalue weighted by atomic mass is 28.4. The standard InChI is InChI=1S/C34H63N7O4Si3/c1-22(2)41-19-23(18-37-41)29-38-28(35)25-30(39-29)40(21-36-25)31-27(45-48(16,17)34(9,10)11)26(44-47(14,15)33(6,7)8)24(43-31)20-42-46(12,13)32(3,4)5/h18-19,21-22,24,26-27,31H,20H2,1-17H3,(H2,35,38,39)/t24-,26-,27-,31?/m1/s1. The molecule has 48 heavy (non-hydrogen) atoms. The predicted octanol–water partition coefficient (Wildman–Crippen LogP) is 8.55. The summed E-state index contributed by atoms with van der Waals surface area (Å²) in [6.07, 6.45) is 3.72. The van der Waals surface area contributed by atoms with E-state index in [9.17, 15) is 0 Å². The summed E-state index contributed by atoms with van der Waals surface area (Å²) in [4.78, 5) is 14.3. The lowest BCUT2D eigenvalue weighted by Gasteiger charge is -2.44. The smallest absolute Gasteiger partial charge is 0.192 e. The zero-order valence-corrected chi connectivity index (χ0v) is 35.7. The molecule has 4 heterocycles. The number of fused-ring (bicyclic) bond motifs is 1. The van der Waals surface area contributed by atoms with Gasteiger partial charge in [0.15, 0.2) is 48.5 Å². The van der Waals surface area contributed by atoms with Gasteiger partial charge in [-0.1, -0.05) is 62.3 Å². The second-order valence-corrected chi connectivity index (χ2v) is 32.7. The summed E-state index contributed by atoms with van der Waals surface area (Å²) in [6.45, 7) is 38.6. The van der Waals surface area contributed by atoms with Gasteiger partial charge >= 0.3 is 0 Å². The highest BCUT2D eigenvalue weighted by Crippen LogP contribution is 2.47. The van der Waals surface area contributed by atoms with E-state index in [1.807, 2.05) is 15.4 Å². The Hall–Kier alpha value is -1.95. The number of nitrogens with zero attached hydrogens (tertiary/aromatic N) is 6. The van der Waals surface area contributed by atoms with Crippen LogP contribution in [0.15, 0.2) is 18.7 Å². The van der Waals surface area contributed by atoms with E-state index in [-0.39, 0.29) is 33.4 Å². The molecule has 14 heteroatoms. The fourth-order valence-electron chi connectivity index (χ4n) is 4.86. The number of hydrogen-bond acceptors (Lipinski definition) is 9. The first-order chi connectivity index (χ1) is 21.7. The normalized spacial score (nSPS) is 22.0. The number of nitrogens with two attached hydrogens (primary N) is 1. The van der Waals surface area contributed by atoms with Crippen LogP contribution in [0, 0.1) is 0 Å². The Bertz CT molecular complexity index is 1580. The molecule has 1 unspecified atom stereocenters. The van der Waals surface area contributed by atoms with Crippen LogP contribution in [0.5, 0.6) is 0 Å². The van der Waals surface area contributed by atoms with Crippen molar-refractivity contribution in [2.24, 2.45) is 0 Å². The first kappa shape index (κ1) is 38.8. The molecular formula is C34H63N7O4Si3. The third-order valence-corrected chi connectivity index (χ3v) is 24.7. The number of anilines is 1. The van der Waals surface area contributed by atoms with Gasteiger partial charge in [0.1, 0.15) is 23.8 Å². The summed E-state index contributed by atoms with van der Waals surface area (Å²) < 4.78 is 32.5. The molecule has 1 aliphatic rings. The monoisotopic (exact) mass is 717 g/mol. The number of rotatable bonds is 10. The predicted molar refractivity (Wildman–Crippen MR) is 203 cm³/mol. The highest BCUT2D eigenvalue weighted by Gasteiger charge is 2.55. The van der Waals surface area contributed by atoms with Crippen molar-refractivity contribution in [1.29, 1.82) is 0 Å². The van der Waals surface area contributed by atoms with Gasteiger partial charge in [-0.3, -0.25) is 9.25 Å². The largest absolute Gasteiger partial charge is 0.414 e. The van der Waals surface area contributed by atoms with Gasteiger partial charge in [0.25, 0.3) is 0 Å². The molecule has 3 aromatic heterocycles. The molecule has 2 N–H and O–H groups in total. The first-order valence-electron chi connectivity index (χ1n) is 17.4. The summed E-state index contributed by atoms with van der Waals surface area (Å²) >= 11 is 0. The molecule has 1 saturated heterocycles. The lowest BCUT2D eigenvalue weighted by atomic mass is 10.1. The maximum atomic E-state index is 7.35. The summed E-state index contributed by atoms with van der Waals surface area (Å²) in [7, 11) is -6.73. The van der Waals surface area contributed by atoms with Crippen LogP contribution in [0.2, 0.25) is 54.4 Å². The molecule has 0 aliphatic carbocycles. The number of aromatic nitrogens is 6. The zero-order valence-electron chi connectivity index (χ0n) is 32.7. The molecule has 0 saturated carbocycles. The Morgan fingerprint density at radius 2 is 1.38 bits per heavy atom. The number of ether oxygens (including phenoxy) is 1. The maximum absolute atomic E-state index is 7.35. The highest BCUT2D eigenvalue weighted by molar-refractivity contribution is 6.75. The van der Waals surface area contributed by atoms with Gasteiger partial charge < -0.3 is 23.7 Å². The molecule has 4 atom stereocenters. The maximum Gasteiger partial charge on any atom is 0.192 e. The molecular weight excluding hydrogens is 655 g/mol. The molecule has 4 rings (SSSR count). The van der Waals surface area contributed by atoms with Crippen molar-refractivity contribution in [3.8, 4) is 11.4 Å². The van der Waals surface area contributed by atoms with Gasteiger partial charge in [-0.2, -0.15) is 5.10 Å². The van der Waals surface area contributed by atoms with Gasteiger partial charge in [-0.25, -0.2) is 15.0 Å². The molecule has 3 aromatic rings. The summed E-state index contributed by atoms with van der Waals surface area (Å²) in [5, 5.41) is 4.50. The Morgan fingerprint density at radius 1 is 0.833 bits per heavy atom. The average Bonchev–Trinajstić information content (AvgIpc) is 3.64. The van der Waals surface area contributed by atoms with E-state index in [1.54, 1.807) is 12.5 Å². The number of imidazole rings is 1. The molecule has 270 valence electrons. The zero-order chi connectivity index (χ0) is 36.4. The molecule has 0 aromatic carbocycles. The Kier molecular flexibility index (Phi) is 10.5. The van der Waals surface area contributed by atoms with Crippen molar-refractivity contribution >= 4 is 41.9 Å². The summed E-state index contributed by atoms with van der Waals surface area (Å²) in [6, 6.07) is 0.203.